The lowest BCUT2D eigenvalue weighted by Crippen LogP contribution is -2.36. The summed E-state index contributed by atoms with van der Waals surface area (Å²) in [5.41, 5.74) is 3.81. The first kappa shape index (κ1) is 25.5. The van der Waals surface area contributed by atoms with E-state index in [1.807, 2.05) is 96.5 Å². The number of benzene rings is 3. The highest BCUT2D eigenvalue weighted by molar-refractivity contribution is 6.30. The standard InChI is InChI=1S/C30H32ClN3O3/c1-22-29(19-33(25-15-16-25)18-27(35)21-36-20-23-9-4-2-5-10-23)30(37-28-13-6-3-7-14-28)34(32-22)26-12-8-11-24(31)17-26/h2-14,17,25,27,35H,15-16,18-21H2,1H3/t27-/m0/s1. The van der Waals surface area contributed by atoms with E-state index in [9.17, 15) is 5.11 Å². The van der Waals surface area contributed by atoms with Crippen molar-refractivity contribution in [3.63, 3.8) is 0 Å². The fraction of sp³-hybridized carbons (Fsp3) is 0.300. The maximum Gasteiger partial charge on any atom is 0.227 e. The van der Waals surface area contributed by atoms with Crippen molar-refractivity contribution in [1.82, 2.24) is 14.7 Å². The van der Waals surface area contributed by atoms with E-state index in [-0.39, 0.29) is 6.61 Å². The third-order valence-electron chi connectivity index (χ3n) is 6.44. The molecule has 0 spiro atoms. The summed E-state index contributed by atoms with van der Waals surface area (Å²) in [6.45, 7) is 3.91. The lowest BCUT2D eigenvalue weighted by Gasteiger charge is -2.25. The van der Waals surface area contributed by atoms with Gasteiger partial charge in [-0.05, 0) is 55.7 Å². The Hall–Kier alpha value is -3.16. The van der Waals surface area contributed by atoms with Crippen LogP contribution >= 0.6 is 11.6 Å². The minimum atomic E-state index is -0.592. The summed E-state index contributed by atoms with van der Waals surface area (Å²) in [6.07, 6.45) is 1.65. The Morgan fingerprint density at radius 2 is 1.76 bits per heavy atom. The number of aromatic nitrogens is 2. The van der Waals surface area contributed by atoms with Crippen LogP contribution < -0.4 is 4.74 Å². The third-order valence-corrected chi connectivity index (χ3v) is 6.67. The van der Waals surface area contributed by atoms with Gasteiger partial charge in [-0.3, -0.25) is 4.90 Å². The average molecular weight is 518 g/mol. The Morgan fingerprint density at radius 1 is 1.03 bits per heavy atom. The van der Waals surface area contributed by atoms with Gasteiger partial charge in [-0.25, -0.2) is 4.68 Å². The lowest BCUT2D eigenvalue weighted by molar-refractivity contribution is 0.00694. The molecule has 0 unspecified atom stereocenters. The van der Waals surface area contributed by atoms with Gasteiger partial charge in [0.15, 0.2) is 0 Å². The van der Waals surface area contributed by atoms with E-state index < -0.39 is 6.10 Å². The number of aliphatic hydroxyl groups excluding tert-OH is 1. The summed E-state index contributed by atoms with van der Waals surface area (Å²) in [5, 5.41) is 16.3. The lowest BCUT2D eigenvalue weighted by atomic mass is 10.2. The molecule has 5 rings (SSSR count). The first-order valence-corrected chi connectivity index (χ1v) is 13.1. The molecular weight excluding hydrogens is 486 g/mol. The number of hydrogen-bond acceptors (Lipinski definition) is 5. The van der Waals surface area contributed by atoms with Crippen LogP contribution in [0, 0.1) is 6.92 Å². The predicted octanol–water partition coefficient (Wildman–Crippen LogP) is 6.17. The molecule has 1 N–H and O–H groups in total. The van der Waals surface area contributed by atoms with Crippen LogP contribution in [0.2, 0.25) is 5.02 Å². The van der Waals surface area contributed by atoms with Crippen LogP contribution in [0.3, 0.4) is 0 Å². The molecule has 1 atom stereocenters. The molecule has 6 nitrogen and oxygen atoms in total. The van der Waals surface area contributed by atoms with Gasteiger partial charge in [-0.2, -0.15) is 5.10 Å². The smallest absolute Gasteiger partial charge is 0.227 e. The first-order chi connectivity index (χ1) is 18.1. The monoisotopic (exact) mass is 517 g/mol. The molecule has 1 fully saturated rings. The minimum Gasteiger partial charge on any atom is -0.439 e. The molecule has 1 aliphatic rings. The van der Waals surface area contributed by atoms with E-state index in [0.717, 1.165) is 41.1 Å². The number of aryl methyl sites for hydroxylation is 1. The molecule has 0 aliphatic heterocycles. The van der Waals surface area contributed by atoms with E-state index in [4.69, 9.17) is 26.2 Å². The molecule has 1 saturated carbocycles. The van der Waals surface area contributed by atoms with E-state index in [1.54, 1.807) is 0 Å². The summed E-state index contributed by atoms with van der Waals surface area (Å²) < 4.78 is 14.0. The van der Waals surface area contributed by atoms with E-state index in [2.05, 4.69) is 4.90 Å². The second kappa shape index (κ2) is 11.9. The van der Waals surface area contributed by atoms with Crippen molar-refractivity contribution in [2.45, 2.75) is 45.1 Å². The molecule has 0 saturated heterocycles. The normalized spacial score (nSPS) is 14.2. The molecule has 1 aromatic heterocycles. The largest absolute Gasteiger partial charge is 0.439 e. The van der Waals surface area contributed by atoms with Crippen molar-refractivity contribution < 1.29 is 14.6 Å². The summed E-state index contributed by atoms with van der Waals surface area (Å²) >= 11 is 6.30. The number of aliphatic hydroxyl groups is 1. The van der Waals surface area contributed by atoms with Crippen LogP contribution in [0.15, 0.2) is 84.9 Å². The SMILES string of the molecule is Cc1nn(-c2cccc(Cl)c2)c(Oc2ccccc2)c1CN(C[C@H](O)COCc1ccccc1)C1CC1. The molecule has 1 heterocycles. The summed E-state index contributed by atoms with van der Waals surface area (Å²) in [5.74, 6) is 1.39. The maximum absolute atomic E-state index is 10.8. The molecule has 0 radical (unpaired) electrons. The molecule has 37 heavy (non-hydrogen) atoms. The van der Waals surface area contributed by atoms with Crippen molar-refractivity contribution in [3.05, 3.63) is 107 Å². The van der Waals surface area contributed by atoms with Crippen LogP contribution in [0.4, 0.5) is 0 Å². The van der Waals surface area contributed by atoms with Crippen molar-refractivity contribution in [1.29, 1.82) is 0 Å². The van der Waals surface area contributed by atoms with Crippen molar-refractivity contribution >= 4 is 11.6 Å². The quantitative estimate of drug-likeness (QED) is 0.243. The zero-order valence-electron chi connectivity index (χ0n) is 21.0. The van der Waals surface area contributed by atoms with Gasteiger partial charge in [-0.1, -0.05) is 66.2 Å². The molecule has 3 aromatic carbocycles. The molecule has 4 aromatic rings. The Bertz CT molecular complexity index is 1290. The molecule has 0 amide bonds. The first-order valence-electron chi connectivity index (χ1n) is 12.7. The van der Waals surface area contributed by atoms with Crippen LogP contribution in [-0.4, -0.2) is 45.1 Å². The summed E-state index contributed by atoms with van der Waals surface area (Å²) in [4.78, 5) is 2.32. The average Bonchev–Trinajstić information content (AvgIpc) is 3.71. The van der Waals surface area contributed by atoms with E-state index >= 15 is 0 Å². The number of ether oxygens (including phenoxy) is 2. The van der Waals surface area contributed by atoms with Crippen LogP contribution in [0.1, 0.15) is 29.7 Å². The molecular formula is C30H32ClN3O3. The van der Waals surface area contributed by atoms with Gasteiger partial charge >= 0.3 is 0 Å². The second-order valence-electron chi connectivity index (χ2n) is 9.49. The van der Waals surface area contributed by atoms with E-state index in [0.29, 0.717) is 36.6 Å². The second-order valence-corrected chi connectivity index (χ2v) is 9.93. The highest BCUT2D eigenvalue weighted by atomic mass is 35.5. The highest BCUT2D eigenvalue weighted by Crippen LogP contribution is 2.35. The minimum absolute atomic E-state index is 0.284. The molecule has 192 valence electrons. The number of halogens is 1. The third kappa shape index (κ3) is 6.79. The van der Waals surface area contributed by atoms with Crippen LogP contribution in [0.25, 0.3) is 5.69 Å². The van der Waals surface area contributed by atoms with Crippen molar-refractivity contribution in [2.24, 2.45) is 0 Å². The zero-order valence-corrected chi connectivity index (χ0v) is 21.7. The van der Waals surface area contributed by atoms with Crippen LogP contribution in [0.5, 0.6) is 11.6 Å². The van der Waals surface area contributed by atoms with Gasteiger partial charge < -0.3 is 14.6 Å². The van der Waals surface area contributed by atoms with Crippen molar-refractivity contribution in [2.75, 3.05) is 13.2 Å². The van der Waals surface area contributed by atoms with Gasteiger partial charge in [-0.15, -0.1) is 0 Å². The number of rotatable bonds is 12. The van der Waals surface area contributed by atoms with Crippen molar-refractivity contribution in [3.8, 4) is 17.3 Å². The zero-order chi connectivity index (χ0) is 25.6. The Morgan fingerprint density at radius 3 is 2.46 bits per heavy atom. The summed E-state index contributed by atoms with van der Waals surface area (Å²) in [6, 6.07) is 27.8. The topological polar surface area (TPSA) is 59.8 Å². The van der Waals surface area contributed by atoms with E-state index in [1.165, 1.54) is 0 Å². The van der Waals surface area contributed by atoms with Gasteiger partial charge in [0, 0.05) is 24.2 Å². The number of hydrogen-bond donors (Lipinski definition) is 1. The number of para-hydroxylation sites is 1. The van der Waals surface area contributed by atoms with Crippen LogP contribution in [-0.2, 0) is 17.9 Å². The van der Waals surface area contributed by atoms with Gasteiger partial charge in [0.05, 0.1) is 36.3 Å². The summed E-state index contributed by atoms with van der Waals surface area (Å²) in [7, 11) is 0. The molecule has 0 bridgehead atoms. The fourth-order valence-corrected chi connectivity index (χ4v) is 4.59. The Labute approximate surface area is 223 Å². The molecule has 7 heteroatoms. The van der Waals surface area contributed by atoms with Gasteiger partial charge in [0.2, 0.25) is 5.88 Å². The number of nitrogens with zero attached hydrogens (tertiary/aromatic N) is 3. The highest BCUT2D eigenvalue weighted by Gasteiger charge is 2.32. The fourth-order valence-electron chi connectivity index (χ4n) is 4.40. The molecule has 1 aliphatic carbocycles. The maximum atomic E-state index is 10.8. The van der Waals surface area contributed by atoms with Gasteiger partial charge in [0.25, 0.3) is 0 Å². The Kier molecular flexibility index (Phi) is 8.21. The predicted molar refractivity (Wildman–Crippen MR) is 145 cm³/mol. The van der Waals surface area contributed by atoms with Gasteiger partial charge in [0.1, 0.15) is 5.75 Å². The Balaban J connectivity index is 1.35.